The summed E-state index contributed by atoms with van der Waals surface area (Å²) in [5.41, 5.74) is 1.84. The number of amides is 5. The number of carbonyl (C=O) groups excluding carboxylic acids is 5. The first-order valence-electron chi connectivity index (χ1n) is 15.6. The fourth-order valence-electron chi connectivity index (χ4n) is 5.07. The summed E-state index contributed by atoms with van der Waals surface area (Å²) in [7, 11) is 1.55. The van der Waals surface area contributed by atoms with Crippen LogP contribution in [0.1, 0.15) is 62.5 Å². The van der Waals surface area contributed by atoms with Gasteiger partial charge in [0.2, 0.25) is 23.6 Å². The average molecular weight is 656 g/mol. The smallest absolute Gasteiger partial charge is 0.254 e. The van der Waals surface area contributed by atoms with Gasteiger partial charge in [-0.15, -0.1) is 0 Å². The van der Waals surface area contributed by atoms with E-state index in [1.54, 1.807) is 56.5 Å². The number of nitrogens with one attached hydrogen (secondary N) is 4. The van der Waals surface area contributed by atoms with E-state index < -0.39 is 53.7 Å². The number of benzene rings is 2. The minimum Gasteiger partial charge on any atom is -0.497 e. The minimum atomic E-state index is -1.04. The maximum absolute atomic E-state index is 13.8. The highest BCUT2D eigenvalue weighted by Gasteiger charge is 2.32. The number of carbonyl (C=O) groups is 5. The molecule has 4 atom stereocenters. The lowest BCUT2D eigenvalue weighted by Gasteiger charge is -2.31. The van der Waals surface area contributed by atoms with E-state index in [1.807, 2.05) is 34.6 Å². The molecule has 0 spiro atoms. The lowest BCUT2D eigenvalue weighted by atomic mass is 10.0. The van der Waals surface area contributed by atoms with Gasteiger partial charge in [-0.25, -0.2) is 0 Å². The summed E-state index contributed by atoms with van der Waals surface area (Å²) < 4.78 is 5.23. The van der Waals surface area contributed by atoms with Gasteiger partial charge in [0.1, 0.15) is 23.9 Å². The molecular weight excluding hydrogens is 610 g/mol. The molecule has 0 aromatic heterocycles. The van der Waals surface area contributed by atoms with Crippen molar-refractivity contribution in [2.45, 2.75) is 78.6 Å². The van der Waals surface area contributed by atoms with Crippen molar-refractivity contribution in [1.29, 1.82) is 0 Å². The summed E-state index contributed by atoms with van der Waals surface area (Å²) in [6.45, 7) is 10.6. The molecule has 0 radical (unpaired) electrons. The highest BCUT2D eigenvalue weighted by Crippen LogP contribution is 2.19. The van der Waals surface area contributed by atoms with Crippen LogP contribution in [0.15, 0.2) is 42.5 Å². The molecule has 1 fully saturated rings. The van der Waals surface area contributed by atoms with Crippen molar-refractivity contribution in [3.05, 3.63) is 64.2 Å². The first-order chi connectivity index (χ1) is 21.7. The van der Waals surface area contributed by atoms with Gasteiger partial charge in [-0.05, 0) is 67.5 Å². The van der Waals surface area contributed by atoms with Crippen molar-refractivity contribution < 1.29 is 28.7 Å². The molecular formula is C34H46ClN5O6. The monoisotopic (exact) mass is 655 g/mol. The van der Waals surface area contributed by atoms with E-state index in [0.29, 0.717) is 17.2 Å². The van der Waals surface area contributed by atoms with Crippen LogP contribution in [0.3, 0.4) is 0 Å². The van der Waals surface area contributed by atoms with Crippen molar-refractivity contribution in [2.24, 2.45) is 11.8 Å². The van der Waals surface area contributed by atoms with Gasteiger partial charge >= 0.3 is 0 Å². The third-order valence-electron chi connectivity index (χ3n) is 7.93. The average Bonchev–Trinajstić information content (AvgIpc) is 3.00. The van der Waals surface area contributed by atoms with Gasteiger partial charge in [0.15, 0.2) is 0 Å². The summed E-state index contributed by atoms with van der Waals surface area (Å²) in [6, 6.07) is 8.45. The molecule has 1 aliphatic heterocycles. The second-order valence-corrected chi connectivity index (χ2v) is 13.0. The molecule has 2 aromatic carbocycles. The van der Waals surface area contributed by atoms with E-state index in [1.165, 1.54) is 4.90 Å². The second-order valence-electron chi connectivity index (χ2n) is 12.6. The molecule has 46 heavy (non-hydrogen) atoms. The van der Waals surface area contributed by atoms with E-state index in [0.717, 1.165) is 11.1 Å². The van der Waals surface area contributed by atoms with Crippen LogP contribution in [-0.2, 0) is 25.6 Å². The Bertz CT molecular complexity index is 1410. The van der Waals surface area contributed by atoms with Crippen LogP contribution in [0.5, 0.6) is 5.75 Å². The molecule has 11 nitrogen and oxygen atoms in total. The highest BCUT2D eigenvalue weighted by molar-refractivity contribution is 6.31. The Hall–Kier alpha value is -4.12. The van der Waals surface area contributed by atoms with Crippen LogP contribution in [0.2, 0.25) is 5.02 Å². The standard InChI is InChI=1S/C34H46ClN5O6/c1-19(2)14-27-33(44)38-28(15-23-9-12-25(46-7)13-10-23)32(43)36-22(6)31(42)39-29(20(3)4)17-40(18-30(41)37-27)34(45)24-11-8-21(5)26(35)16-24/h8-13,16,19-20,22,27-29H,14-15,17-18H2,1-7H3,(H,36,43)(H,37,41)(H,38,44)(H,39,42)/t22-,27+,28+,29-/m1/s1. The maximum atomic E-state index is 13.8. The number of nitrogens with zero attached hydrogens (tertiary/aromatic N) is 1. The Morgan fingerprint density at radius 1 is 0.913 bits per heavy atom. The van der Waals surface area contributed by atoms with Crippen LogP contribution >= 0.6 is 11.6 Å². The van der Waals surface area contributed by atoms with Crippen molar-refractivity contribution >= 4 is 41.1 Å². The maximum Gasteiger partial charge on any atom is 0.254 e. The fraction of sp³-hybridized carbons (Fsp3) is 0.500. The molecule has 1 heterocycles. The molecule has 12 heteroatoms. The van der Waals surface area contributed by atoms with Crippen LogP contribution in [0.25, 0.3) is 0 Å². The molecule has 3 rings (SSSR count). The zero-order chi connectivity index (χ0) is 34.1. The number of rotatable bonds is 7. The van der Waals surface area contributed by atoms with Crippen LogP contribution in [0, 0.1) is 18.8 Å². The van der Waals surface area contributed by atoms with Gasteiger partial charge in [0, 0.05) is 29.6 Å². The van der Waals surface area contributed by atoms with Crippen LogP contribution in [0.4, 0.5) is 0 Å². The molecule has 0 saturated carbocycles. The Morgan fingerprint density at radius 2 is 1.57 bits per heavy atom. The SMILES string of the molecule is COc1ccc(C[C@@H]2NC(=O)[C@H](CC(C)C)NC(=O)CN(C(=O)c3ccc(C)c(Cl)c3)C[C@H](C(C)C)NC(=O)[C@@H](C)NC2=O)cc1. The Morgan fingerprint density at radius 3 is 2.15 bits per heavy atom. The normalized spacial score (nSPS) is 21.9. The van der Waals surface area contributed by atoms with Gasteiger partial charge in [-0.3, -0.25) is 24.0 Å². The Labute approximate surface area is 276 Å². The summed E-state index contributed by atoms with van der Waals surface area (Å²) in [5, 5.41) is 11.7. The predicted molar refractivity (Wildman–Crippen MR) is 176 cm³/mol. The quantitative estimate of drug-likeness (QED) is 0.361. The second kappa shape index (κ2) is 16.4. The number of ether oxygens (including phenoxy) is 1. The molecule has 0 aliphatic carbocycles. The summed E-state index contributed by atoms with van der Waals surface area (Å²) in [6.07, 6.45) is 0.426. The number of methoxy groups -OCH3 is 1. The summed E-state index contributed by atoms with van der Waals surface area (Å²) in [4.78, 5) is 69.2. The molecule has 1 aliphatic rings. The zero-order valence-electron chi connectivity index (χ0n) is 27.6. The van der Waals surface area contributed by atoms with Crippen LogP contribution in [-0.4, -0.2) is 78.8 Å². The zero-order valence-corrected chi connectivity index (χ0v) is 28.4. The molecule has 2 aromatic rings. The van der Waals surface area contributed by atoms with Crippen molar-refractivity contribution in [2.75, 3.05) is 20.2 Å². The number of hydrogen-bond acceptors (Lipinski definition) is 6. The molecule has 5 amide bonds. The van der Waals surface area contributed by atoms with E-state index in [4.69, 9.17) is 16.3 Å². The highest BCUT2D eigenvalue weighted by atomic mass is 35.5. The lowest BCUT2D eigenvalue weighted by molar-refractivity contribution is -0.133. The third-order valence-corrected chi connectivity index (χ3v) is 8.34. The molecule has 0 unspecified atom stereocenters. The predicted octanol–water partition coefficient (Wildman–Crippen LogP) is 3.02. The van der Waals surface area contributed by atoms with E-state index >= 15 is 0 Å². The lowest BCUT2D eigenvalue weighted by Crippen LogP contribution is -2.57. The fourth-order valence-corrected chi connectivity index (χ4v) is 5.25. The Balaban J connectivity index is 2.00. The summed E-state index contributed by atoms with van der Waals surface area (Å²) in [5.74, 6) is -2.05. The Kier molecular flexibility index (Phi) is 13.0. The van der Waals surface area contributed by atoms with Crippen LogP contribution < -0.4 is 26.0 Å². The van der Waals surface area contributed by atoms with E-state index in [2.05, 4.69) is 21.3 Å². The largest absolute Gasteiger partial charge is 0.497 e. The first kappa shape index (κ1) is 36.3. The van der Waals surface area contributed by atoms with Crippen molar-refractivity contribution in [3.63, 3.8) is 0 Å². The van der Waals surface area contributed by atoms with E-state index in [-0.39, 0.29) is 36.9 Å². The molecule has 4 N–H and O–H groups in total. The van der Waals surface area contributed by atoms with Gasteiger partial charge in [0.25, 0.3) is 5.91 Å². The topological polar surface area (TPSA) is 146 Å². The molecule has 0 bridgehead atoms. The molecule has 1 saturated heterocycles. The van der Waals surface area contributed by atoms with Gasteiger partial charge in [-0.1, -0.05) is 57.5 Å². The van der Waals surface area contributed by atoms with Gasteiger partial charge in [0.05, 0.1) is 13.7 Å². The van der Waals surface area contributed by atoms with E-state index in [9.17, 15) is 24.0 Å². The first-order valence-corrected chi connectivity index (χ1v) is 15.9. The number of hydrogen-bond donors (Lipinski definition) is 4. The number of aryl methyl sites for hydroxylation is 1. The van der Waals surface area contributed by atoms with Crippen molar-refractivity contribution in [3.8, 4) is 5.75 Å². The minimum absolute atomic E-state index is 0.00294. The third kappa shape index (κ3) is 10.2. The van der Waals surface area contributed by atoms with Gasteiger partial charge in [-0.2, -0.15) is 0 Å². The van der Waals surface area contributed by atoms with Crippen molar-refractivity contribution in [1.82, 2.24) is 26.2 Å². The molecule has 250 valence electrons. The summed E-state index contributed by atoms with van der Waals surface area (Å²) >= 11 is 6.31. The van der Waals surface area contributed by atoms with Gasteiger partial charge < -0.3 is 30.9 Å². The number of halogens is 1.